The number of hydrogen-bond donors (Lipinski definition) is 2. The highest BCUT2D eigenvalue weighted by Gasteiger charge is 2.38. The number of amides is 1. The topological polar surface area (TPSA) is 105 Å². The third-order valence-corrected chi connectivity index (χ3v) is 5.69. The Morgan fingerprint density at radius 2 is 1.67 bits per heavy atom. The predicted octanol–water partition coefficient (Wildman–Crippen LogP) is 2.94. The molecule has 0 fully saturated rings. The van der Waals surface area contributed by atoms with Crippen molar-refractivity contribution in [2.75, 3.05) is 0 Å². The summed E-state index contributed by atoms with van der Waals surface area (Å²) >= 11 is 0. The Morgan fingerprint density at radius 3 is 2.30 bits per heavy atom. The van der Waals surface area contributed by atoms with Crippen molar-refractivity contribution in [1.82, 2.24) is 9.72 Å². The maximum absolute atomic E-state index is 13.3. The fraction of sp³-hybridized carbons (Fsp3) is 0.217. The first-order valence-electron chi connectivity index (χ1n) is 9.71. The number of aromatic nitrogens is 1. The molecule has 0 saturated heterocycles. The monoisotopic (exact) mass is 404 g/mol. The van der Waals surface area contributed by atoms with Crippen LogP contribution < -0.4 is 5.32 Å². The molecule has 2 aromatic heterocycles. The summed E-state index contributed by atoms with van der Waals surface area (Å²) in [6, 6.07) is 10.4. The Kier molecular flexibility index (Phi) is 4.73. The van der Waals surface area contributed by atoms with Gasteiger partial charge in [-0.05, 0) is 18.1 Å². The quantitative estimate of drug-likeness (QED) is 0.532. The van der Waals surface area contributed by atoms with Crippen molar-refractivity contribution in [2.24, 2.45) is 5.92 Å². The smallest absolute Gasteiger partial charge is 0.326 e. The third kappa shape index (κ3) is 2.82. The number of benzene rings is 1. The normalized spacial score (nSPS) is 14.7. The number of ketones is 2. The standard InChI is InChI=1S/C23H20N2O5/c1-3-12(2)18(23(29)30)24-22(28)16-15-10-6-7-11-25(15)19-17(16)20(26)13-8-4-5-9-14(13)21(19)27/h4-12,18H,3H2,1-2H3,(H,24,28)(H,29,30). The van der Waals surface area contributed by atoms with Gasteiger partial charge in [-0.25, -0.2) is 4.79 Å². The Labute approximate surface area is 172 Å². The molecule has 2 unspecified atom stereocenters. The van der Waals surface area contributed by atoms with Gasteiger partial charge in [-0.15, -0.1) is 0 Å². The molecule has 2 heterocycles. The molecule has 0 spiro atoms. The van der Waals surface area contributed by atoms with Crippen molar-refractivity contribution in [3.63, 3.8) is 0 Å². The van der Waals surface area contributed by atoms with Crippen LogP contribution in [0.15, 0.2) is 48.7 Å². The van der Waals surface area contributed by atoms with E-state index in [1.807, 2.05) is 6.92 Å². The van der Waals surface area contributed by atoms with Crippen LogP contribution in [0, 0.1) is 5.92 Å². The van der Waals surface area contributed by atoms with Crippen molar-refractivity contribution < 1.29 is 24.3 Å². The third-order valence-electron chi connectivity index (χ3n) is 5.69. The molecule has 7 heteroatoms. The number of fused-ring (bicyclic) bond motifs is 4. The minimum absolute atomic E-state index is 0.00990. The minimum Gasteiger partial charge on any atom is -0.480 e. The molecule has 4 rings (SSSR count). The lowest BCUT2D eigenvalue weighted by molar-refractivity contribution is -0.140. The highest BCUT2D eigenvalue weighted by Crippen LogP contribution is 2.33. The van der Waals surface area contributed by atoms with Gasteiger partial charge in [0.25, 0.3) is 5.91 Å². The molecule has 30 heavy (non-hydrogen) atoms. The molecular formula is C23H20N2O5. The van der Waals surface area contributed by atoms with Gasteiger partial charge in [0.15, 0.2) is 5.78 Å². The molecule has 0 radical (unpaired) electrons. The van der Waals surface area contributed by atoms with Gasteiger partial charge in [0, 0.05) is 17.3 Å². The van der Waals surface area contributed by atoms with E-state index >= 15 is 0 Å². The van der Waals surface area contributed by atoms with E-state index in [-0.39, 0.29) is 39.6 Å². The lowest BCUT2D eigenvalue weighted by Crippen LogP contribution is -2.45. The summed E-state index contributed by atoms with van der Waals surface area (Å²) < 4.78 is 1.53. The first kappa shape index (κ1) is 19.6. The number of nitrogens with one attached hydrogen (secondary N) is 1. The van der Waals surface area contributed by atoms with E-state index < -0.39 is 23.7 Å². The van der Waals surface area contributed by atoms with Crippen LogP contribution in [0.1, 0.15) is 62.6 Å². The number of carbonyl (C=O) groups excluding carboxylic acids is 3. The summed E-state index contributed by atoms with van der Waals surface area (Å²) in [6.45, 7) is 3.57. The van der Waals surface area contributed by atoms with E-state index in [0.29, 0.717) is 11.9 Å². The van der Waals surface area contributed by atoms with E-state index in [1.165, 1.54) is 4.40 Å². The molecule has 1 aliphatic rings. The van der Waals surface area contributed by atoms with Gasteiger partial charge < -0.3 is 14.8 Å². The number of aliphatic carboxylic acids is 1. The molecule has 0 bridgehead atoms. The first-order valence-corrected chi connectivity index (χ1v) is 9.71. The zero-order valence-electron chi connectivity index (χ0n) is 16.5. The number of rotatable bonds is 5. The second-order valence-electron chi connectivity index (χ2n) is 7.43. The van der Waals surface area contributed by atoms with Crippen LogP contribution in [-0.2, 0) is 4.79 Å². The fourth-order valence-corrected chi connectivity index (χ4v) is 3.92. The van der Waals surface area contributed by atoms with Crippen LogP contribution in [0.3, 0.4) is 0 Å². The minimum atomic E-state index is -1.15. The summed E-state index contributed by atoms with van der Waals surface area (Å²) in [5, 5.41) is 12.1. The van der Waals surface area contributed by atoms with Gasteiger partial charge in [-0.2, -0.15) is 0 Å². The maximum Gasteiger partial charge on any atom is 0.326 e. The van der Waals surface area contributed by atoms with Crippen LogP contribution in [0.4, 0.5) is 0 Å². The van der Waals surface area contributed by atoms with Crippen LogP contribution >= 0.6 is 0 Å². The summed E-state index contributed by atoms with van der Waals surface area (Å²) in [7, 11) is 0. The molecule has 1 amide bonds. The van der Waals surface area contributed by atoms with Crippen LogP contribution in [-0.4, -0.2) is 39.0 Å². The zero-order valence-corrected chi connectivity index (χ0v) is 16.5. The van der Waals surface area contributed by atoms with E-state index in [4.69, 9.17) is 0 Å². The van der Waals surface area contributed by atoms with E-state index in [2.05, 4.69) is 5.32 Å². The van der Waals surface area contributed by atoms with Crippen molar-refractivity contribution in [2.45, 2.75) is 26.3 Å². The Hall–Kier alpha value is -3.74. The predicted molar refractivity (Wildman–Crippen MR) is 109 cm³/mol. The number of carbonyl (C=O) groups is 4. The van der Waals surface area contributed by atoms with Crippen LogP contribution in [0.5, 0.6) is 0 Å². The van der Waals surface area contributed by atoms with Gasteiger partial charge in [0.1, 0.15) is 11.7 Å². The molecular weight excluding hydrogens is 384 g/mol. The lowest BCUT2D eigenvalue weighted by Gasteiger charge is -2.21. The van der Waals surface area contributed by atoms with Crippen molar-refractivity contribution in [3.05, 3.63) is 76.6 Å². The second kappa shape index (κ2) is 7.26. The first-order chi connectivity index (χ1) is 14.4. The second-order valence-corrected chi connectivity index (χ2v) is 7.43. The highest BCUT2D eigenvalue weighted by molar-refractivity contribution is 6.32. The maximum atomic E-state index is 13.3. The molecule has 0 saturated carbocycles. The molecule has 2 N–H and O–H groups in total. The fourth-order valence-electron chi connectivity index (χ4n) is 3.92. The molecule has 3 aromatic rings. The van der Waals surface area contributed by atoms with Crippen molar-refractivity contribution in [3.8, 4) is 0 Å². The average Bonchev–Trinajstić information content (AvgIpc) is 3.10. The largest absolute Gasteiger partial charge is 0.480 e. The van der Waals surface area contributed by atoms with E-state index in [0.717, 1.165) is 0 Å². The molecule has 7 nitrogen and oxygen atoms in total. The number of pyridine rings is 1. The Balaban J connectivity index is 1.92. The molecule has 1 aromatic carbocycles. The van der Waals surface area contributed by atoms with Gasteiger partial charge in [-0.1, -0.05) is 50.6 Å². The van der Waals surface area contributed by atoms with Gasteiger partial charge in [0.2, 0.25) is 5.78 Å². The summed E-state index contributed by atoms with van der Waals surface area (Å²) in [5.74, 6) is -2.92. The Bertz CT molecular complexity index is 1220. The van der Waals surface area contributed by atoms with Crippen molar-refractivity contribution >= 4 is 29.0 Å². The number of carboxylic acid groups (broad SMARTS) is 1. The van der Waals surface area contributed by atoms with Gasteiger partial charge >= 0.3 is 5.97 Å². The van der Waals surface area contributed by atoms with E-state index in [1.54, 1.807) is 55.6 Å². The lowest BCUT2D eigenvalue weighted by atomic mass is 9.86. The highest BCUT2D eigenvalue weighted by atomic mass is 16.4. The average molecular weight is 404 g/mol. The van der Waals surface area contributed by atoms with Gasteiger partial charge in [0.05, 0.1) is 16.6 Å². The summed E-state index contributed by atoms with van der Waals surface area (Å²) in [5.41, 5.74) is 1.05. The van der Waals surface area contributed by atoms with Gasteiger partial charge in [-0.3, -0.25) is 14.4 Å². The molecule has 2 atom stereocenters. The van der Waals surface area contributed by atoms with Crippen LogP contribution in [0.25, 0.3) is 5.52 Å². The molecule has 1 aliphatic carbocycles. The van der Waals surface area contributed by atoms with E-state index in [9.17, 15) is 24.3 Å². The zero-order chi connectivity index (χ0) is 21.6. The number of carboxylic acids is 1. The Morgan fingerprint density at radius 1 is 1.03 bits per heavy atom. The van der Waals surface area contributed by atoms with Crippen molar-refractivity contribution in [1.29, 1.82) is 0 Å². The summed E-state index contributed by atoms with van der Waals surface area (Å²) in [4.78, 5) is 51.4. The SMILES string of the molecule is CCC(C)C(NC(=O)c1c2c(n3ccccc13)C(=O)c1ccccc1C2=O)C(=O)O. The number of nitrogens with zero attached hydrogens (tertiary/aromatic N) is 1. The number of hydrogen-bond acceptors (Lipinski definition) is 4. The molecule has 0 aliphatic heterocycles. The molecule has 152 valence electrons. The van der Waals surface area contributed by atoms with Crippen LogP contribution in [0.2, 0.25) is 0 Å². The summed E-state index contributed by atoms with van der Waals surface area (Å²) in [6.07, 6.45) is 2.17.